The molecule has 0 bridgehead atoms. The molecule has 1 aliphatic heterocycles. The van der Waals surface area contributed by atoms with Gasteiger partial charge in [0, 0.05) is 13.1 Å². The Hall–Kier alpha value is -1.10. The van der Waals surface area contributed by atoms with Gasteiger partial charge in [0.05, 0.1) is 18.4 Å². The van der Waals surface area contributed by atoms with Gasteiger partial charge in [-0.2, -0.15) is 0 Å². The summed E-state index contributed by atoms with van der Waals surface area (Å²) in [5.41, 5.74) is -0.242. The standard InChI is InChI=1S/C14H24N2O3/c1-10(12(17)19-2)7-16-13(18)14-6-4-3-5-11(14)8-15-9-14/h10-11,15H,3-9H2,1-2H3,(H,16,18)/t10?,11-,14+/m0/s1. The molecule has 1 saturated heterocycles. The summed E-state index contributed by atoms with van der Waals surface area (Å²) in [4.78, 5) is 23.9. The van der Waals surface area contributed by atoms with Crippen molar-refractivity contribution >= 4 is 11.9 Å². The Morgan fingerprint density at radius 2 is 2.26 bits per heavy atom. The number of esters is 1. The third kappa shape index (κ3) is 2.76. The van der Waals surface area contributed by atoms with Crippen LogP contribution in [0, 0.1) is 17.3 Å². The van der Waals surface area contributed by atoms with Gasteiger partial charge >= 0.3 is 5.97 Å². The number of amides is 1. The quantitative estimate of drug-likeness (QED) is 0.736. The van der Waals surface area contributed by atoms with Gasteiger partial charge in [-0.3, -0.25) is 9.59 Å². The first kappa shape index (κ1) is 14.3. The van der Waals surface area contributed by atoms with Crippen LogP contribution in [0.4, 0.5) is 0 Å². The average Bonchev–Trinajstić information content (AvgIpc) is 2.88. The zero-order valence-electron chi connectivity index (χ0n) is 11.8. The summed E-state index contributed by atoms with van der Waals surface area (Å²) in [6.45, 7) is 3.85. The highest BCUT2D eigenvalue weighted by Gasteiger charge is 2.49. The van der Waals surface area contributed by atoms with Gasteiger partial charge in [0.1, 0.15) is 0 Å². The Morgan fingerprint density at radius 1 is 1.47 bits per heavy atom. The van der Waals surface area contributed by atoms with Crippen molar-refractivity contribution in [1.29, 1.82) is 0 Å². The minimum absolute atomic E-state index is 0.109. The number of carbonyl (C=O) groups is 2. The molecule has 1 unspecified atom stereocenters. The molecule has 2 aliphatic rings. The van der Waals surface area contributed by atoms with E-state index in [2.05, 4.69) is 15.4 Å². The number of methoxy groups -OCH3 is 1. The van der Waals surface area contributed by atoms with Crippen molar-refractivity contribution in [2.45, 2.75) is 32.6 Å². The van der Waals surface area contributed by atoms with Gasteiger partial charge in [-0.1, -0.05) is 19.8 Å². The van der Waals surface area contributed by atoms with Crippen molar-refractivity contribution in [3.8, 4) is 0 Å². The Bertz CT molecular complexity index is 359. The topological polar surface area (TPSA) is 67.4 Å². The summed E-state index contributed by atoms with van der Waals surface area (Å²) in [6.07, 6.45) is 4.44. The molecule has 3 atom stereocenters. The Balaban J connectivity index is 1.93. The molecule has 2 rings (SSSR count). The molecule has 0 spiro atoms. The minimum Gasteiger partial charge on any atom is -0.469 e. The van der Waals surface area contributed by atoms with Crippen LogP contribution in [-0.2, 0) is 14.3 Å². The lowest BCUT2D eigenvalue weighted by molar-refractivity contribution is -0.145. The number of rotatable bonds is 4. The molecule has 1 heterocycles. The summed E-state index contributed by atoms with van der Waals surface area (Å²) >= 11 is 0. The lowest BCUT2D eigenvalue weighted by Crippen LogP contribution is -2.49. The summed E-state index contributed by atoms with van der Waals surface area (Å²) in [7, 11) is 1.37. The van der Waals surface area contributed by atoms with Gasteiger partial charge in [0.15, 0.2) is 0 Å². The van der Waals surface area contributed by atoms with Crippen molar-refractivity contribution in [3.63, 3.8) is 0 Å². The Morgan fingerprint density at radius 3 is 3.00 bits per heavy atom. The van der Waals surface area contributed by atoms with Crippen LogP contribution in [-0.4, -0.2) is 38.6 Å². The van der Waals surface area contributed by atoms with Crippen LogP contribution in [0.2, 0.25) is 0 Å². The normalized spacial score (nSPS) is 31.4. The Labute approximate surface area is 114 Å². The fourth-order valence-electron chi connectivity index (χ4n) is 3.40. The number of hydrogen-bond donors (Lipinski definition) is 2. The van der Waals surface area contributed by atoms with E-state index >= 15 is 0 Å². The smallest absolute Gasteiger partial charge is 0.310 e. The highest BCUT2D eigenvalue weighted by Crippen LogP contribution is 2.43. The van der Waals surface area contributed by atoms with Crippen molar-refractivity contribution in [2.24, 2.45) is 17.3 Å². The van der Waals surface area contributed by atoms with E-state index in [-0.39, 0.29) is 23.2 Å². The van der Waals surface area contributed by atoms with Crippen LogP contribution in [0.3, 0.4) is 0 Å². The molecule has 1 aliphatic carbocycles. The van der Waals surface area contributed by atoms with E-state index < -0.39 is 0 Å². The van der Waals surface area contributed by atoms with Gasteiger partial charge in [-0.15, -0.1) is 0 Å². The maximum absolute atomic E-state index is 12.5. The molecule has 0 aromatic heterocycles. The zero-order valence-corrected chi connectivity index (χ0v) is 11.8. The minimum atomic E-state index is -0.290. The molecule has 0 radical (unpaired) electrons. The average molecular weight is 268 g/mol. The van der Waals surface area contributed by atoms with Gasteiger partial charge in [-0.05, 0) is 25.3 Å². The van der Waals surface area contributed by atoms with Crippen molar-refractivity contribution in [1.82, 2.24) is 10.6 Å². The first-order valence-corrected chi connectivity index (χ1v) is 7.17. The third-order valence-corrected chi connectivity index (χ3v) is 4.66. The van der Waals surface area contributed by atoms with Crippen molar-refractivity contribution in [3.05, 3.63) is 0 Å². The lowest BCUT2D eigenvalue weighted by Gasteiger charge is -2.37. The maximum Gasteiger partial charge on any atom is 0.310 e. The third-order valence-electron chi connectivity index (χ3n) is 4.66. The van der Waals surface area contributed by atoms with E-state index in [9.17, 15) is 9.59 Å². The van der Waals surface area contributed by atoms with Crippen LogP contribution in [0.15, 0.2) is 0 Å². The lowest BCUT2D eigenvalue weighted by atomic mass is 9.67. The summed E-state index contributed by atoms with van der Waals surface area (Å²) < 4.78 is 4.67. The second kappa shape index (κ2) is 5.90. The first-order valence-electron chi connectivity index (χ1n) is 7.17. The molecule has 2 N–H and O–H groups in total. The SMILES string of the molecule is COC(=O)C(C)CNC(=O)[C@@]12CCCC[C@H]1CNC2. The van der Waals surface area contributed by atoms with Crippen LogP contribution in [0.5, 0.6) is 0 Å². The molecular formula is C14H24N2O3. The Kier molecular flexibility index (Phi) is 4.45. The van der Waals surface area contributed by atoms with E-state index in [4.69, 9.17) is 0 Å². The van der Waals surface area contributed by atoms with Gasteiger partial charge < -0.3 is 15.4 Å². The van der Waals surface area contributed by atoms with E-state index in [1.54, 1.807) is 6.92 Å². The van der Waals surface area contributed by atoms with Crippen LogP contribution in [0.25, 0.3) is 0 Å². The highest BCUT2D eigenvalue weighted by molar-refractivity contribution is 5.84. The number of nitrogens with one attached hydrogen (secondary N) is 2. The predicted octanol–water partition coefficient (Wildman–Crippen LogP) is 0.691. The van der Waals surface area contributed by atoms with Crippen LogP contribution < -0.4 is 10.6 Å². The summed E-state index contributed by atoms with van der Waals surface area (Å²) in [5.74, 6) is -0.00284. The van der Waals surface area contributed by atoms with Crippen molar-refractivity contribution in [2.75, 3.05) is 26.7 Å². The fraction of sp³-hybridized carbons (Fsp3) is 0.857. The van der Waals surface area contributed by atoms with Gasteiger partial charge in [0.25, 0.3) is 0 Å². The monoisotopic (exact) mass is 268 g/mol. The summed E-state index contributed by atoms with van der Waals surface area (Å²) in [6, 6.07) is 0. The first-order chi connectivity index (χ1) is 9.10. The van der Waals surface area contributed by atoms with E-state index in [0.717, 1.165) is 32.4 Å². The number of ether oxygens (including phenoxy) is 1. The van der Waals surface area contributed by atoms with Crippen molar-refractivity contribution < 1.29 is 14.3 Å². The highest BCUT2D eigenvalue weighted by atomic mass is 16.5. The second-order valence-corrected chi connectivity index (χ2v) is 5.86. The molecule has 108 valence electrons. The largest absolute Gasteiger partial charge is 0.469 e. The van der Waals surface area contributed by atoms with Crippen LogP contribution in [0.1, 0.15) is 32.6 Å². The number of hydrogen-bond acceptors (Lipinski definition) is 4. The molecule has 1 amide bonds. The molecule has 19 heavy (non-hydrogen) atoms. The van der Waals surface area contributed by atoms with Gasteiger partial charge in [0.2, 0.25) is 5.91 Å². The van der Waals surface area contributed by atoms with E-state index in [0.29, 0.717) is 12.5 Å². The molecule has 1 saturated carbocycles. The molecule has 2 fully saturated rings. The maximum atomic E-state index is 12.5. The molecular weight excluding hydrogens is 244 g/mol. The molecule has 0 aromatic carbocycles. The summed E-state index contributed by atoms with van der Waals surface area (Å²) in [5, 5.41) is 6.30. The van der Waals surface area contributed by atoms with E-state index in [1.807, 2.05) is 0 Å². The van der Waals surface area contributed by atoms with Crippen LogP contribution >= 0.6 is 0 Å². The predicted molar refractivity (Wildman–Crippen MR) is 71.5 cm³/mol. The number of carbonyl (C=O) groups excluding carboxylic acids is 2. The second-order valence-electron chi connectivity index (χ2n) is 5.86. The fourth-order valence-corrected chi connectivity index (χ4v) is 3.40. The molecule has 5 heteroatoms. The number of fused-ring (bicyclic) bond motifs is 1. The van der Waals surface area contributed by atoms with E-state index in [1.165, 1.54) is 13.5 Å². The molecule has 0 aromatic rings. The molecule has 5 nitrogen and oxygen atoms in total. The van der Waals surface area contributed by atoms with Gasteiger partial charge in [-0.25, -0.2) is 0 Å². The zero-order chi connectivity index (χ0) is 13.9.